The molecule has 0 aliphatic carbocycles. The molecular formula is C90H71Br3F15N10O3P. The van der Waals surface area contributed by atoms with Crippen LogP contribution in [0.2, 0.25) is 0 Å². The van der Waals surface area contributed by atoms with Gasteiger partial charge in [-0.3, -0.25) is 15.4 Å². The zero-order chi connectivity index (χ0) is 88.8. The quantitative estimate of drug-likeness (QED) is 0.0253. The summed E-state index contributed by atoms with van der Waals surface area (Å²) in [5.74, 6) is 0.943. The summed E-state index contributed by atoms with van der Waals surface area (Å²) in [6, 6.07) is 71.7. The Labute approximate surface area is 715 Å². The maximum Gasteiger partial charge on any atom is 0.416 e. The molecule has 0 saturated heterocycles. The summed E-state index contributed by atoms with van der Waals surface area (Å²) in [6.45, 7) is 0. The van der Waals surface area contributed by atoms with E-state index in [-0.39, 0.29) is 5.82 Å². The van der Waals surface area contributed by atoms with E-state index < -0.39 is 76.1 Å². The molecule has 0 fully saturated rings. The molecule has 4 amide bonds. The van der Waals surface area contributed by atoms with Crippen molar-refractivity contribution < 1.29 is 80.2 Å². The Morgan fingerprint density at radius 1 is 0.328 bits per heavy atom. The fraction of sp³-hybridized carbons (Fsp3) is 0.0889. The molecule has 13 aromatic rings. The van der Waals surface area contributed by atoms with Crippen LogP contribution in [0.4, 0.5) is 92.9 Å². The minimum atomic E-state index is -4.38. The van der Waals surface area contributed by atoms with Gasteiger partial charge in [0.05, 0.1) is 22.3 Å². The van der Waals surface area contributed by atoms with Gasteiger partial charge in [-0.25, -0.2) is 34.5 Å². The molecule has 0 saturated carbocycles. The zero-order valence-corrected chi connectivity index (χ0v) is 69.1. The Hall–Kier alpha value is -12.4. The number of nitrogen functional groups attached to an aromatic ring is 1. The number of halogens is 18. The van der Waals surface area contributed by atoms with Crippen LogP contribution in [0.15, 0.2) is 313 Å². The predicted octanol–water partition coefficient (Wildman–Crippen LogP) is 24.7. The van der Waals surface area contributed by atoms with Crippen LogP contribution in [0.1, 0.15) is 88.2 Å². The molecule has 0 radical (unpaired) electrons. The monoisotopic (exact) mass is 1890 g/mol. The number of aromatic nitrogens is 5. The molecule has 32 heteroatoms. The van der Waals surface area contributed by atoms with Crippen LogP contribution in [0.25, 0.3) is 36.5 Å². The minimum Gasteiger partial charge on any atom is -0.384 e. The van der Waals surface area contributed by atoms with Gasteiger partial charge in [0.2, 0.25) is 0 Å². The van der Waals surface area contributed by atoms with Crippen molar-refractivity contribution in [3.8, 4) is 0 Å². The number of carbonyl (C=O) groups is 3. The van der Waals surface area contributed by atoms with Gasteiger partial charge in [0.15, 0.2) is 0 Å². The Balaban J connectivity index is 0.000000187. The van der Waals surface area contributed by atoms with E-state index >= 15 is 0 Å². The number of alkyl halides is 15. The third-order valence-electron chi connectivity index (χ3n) is 17.2. The third-order valence-corrected chi connectivity index (χ3v) is 27.6. The molecule has 13 nitrogen and oxygen atoms in total. The predicted molar refractivity (Wildman–Crippen MR) is 462 cm³/mol. The summed E-state index contributed by atoms with van der Waals surface area (Å²) >= 11 is 10.6. The van der Waals surface area contributed by atoms with Gasteiger partial charge in [-0.2, -0.15) is 52.7 Å². The number of rotatable bonds is 17. The summed E-state index contributed by atoms with van der Waals surface area (Å²) in [5.41, 5.74) is 18.6. The van der Waals surface area contributed by atoms with Crippen molar-refractivity contribution in [2.24, 2.45) is 11.5 Å². The molecule has 5 aromatic heterocycles. The van der Waals surface area contributed by atoms with Crippen molar-refractivity contribution in [2.45, 2.75) is 49.9 Å². The molecule has 5 heterocycles. The van der Waals surface area contributed by atoms with E-state index in [1.165, 1.54) is 48.8 Å². The number of nitrogens with one attached hydrogen (secondary N) is 2. The van der Waals surface area contributed by atoms with Crippen LogP contribution in [-0.2, 0) is 49.9 Å². The number of urea groups is 2. The molecule has 0 aliphatic heterocycles. The number of hydrogen-bond donors (Lipinski definition) is 5. The van der Waals surface area contributed by atoms with Crippen molar-refractivity contribution in [3.05, 3.63) is 397 Å². The van der Waals surface area contributed by atoms with Gasteiger partial charge in [0, 0.05) is 36.5 Å². The number of carbonyl (C=O) groups excluding carboxylic acids is 3. The molecule has 0 unspecified atom stereocenters. The fourth-order valence-corrected chi connectivity index (χ4v) is 20.0. The van der Waals surface area contributed by atoms with Gasteiger partial charge >= 0.3 is 225 Å². The van der Waals surface area contributed by atoms with E-state index in [1.807, 2.05) is 54.6 Å². The van der Waals surface area contributed by atoms with E-state index in [0.29, 0.717) is 78.8 Å². The summed E-state index contributed by atoms with van der Waals surface area (Å²) in [6.07, 6.45) is -2.04. The number of amides is 4. The number of nitrogens with zero attached hydrogens (tertiary/aromatic N) is 5. The number of primary amides is 2. The first-order valence-corrected chi connectivity index (χ1v) is 42.0. The van der Waals surface area contributed by atoms with Gasteiger partial charge in [-0.15, -0.1) is 0 Å². The van der Waals surface area contributed by atoms with Crippen LogP contribution in [0, 0.1) is 0 Å². The molecule has 8 aromatic carbocycles. The first kappa shape index (κ1) is 95.0. The largest absolute Gasteiger partial charge is 0.416 e. The summed E-state index contributed by atoms with van der Waals surface area (Å²) in [4.78, 5) is 51.1. The molecular weight excluding hydrogens is 1820 g/mol. The van der Waals surface area contributed by atoms with E-state index in [1.54, 1.807) is 146 Å². The topological polar surface area (TPSA) is 218 Å². The number of aldehydes is 1. The van der Waals surface area contributed by atoms with Crippen molar-refractivity contribution in [1.82, 2.24) is 24.9 Å². The molecule has 122 heavy (non-hydrogen) atoms. The smallest absolute Gasteiger partial charge is 0.384 e. The maximum atomic E-state index is 13.5. The van der Waals surface area contributed by atoms with Crippen molar-refractivity contribution in [1.29, 1.82) is 0 Å². The third kappa shape index (κ3) is 30.1. The number of anilines is 3. The van der Waals surface area contributed by atoms with E-state index in [2.05, 4.69) is 119 Å². The van der Waals surface area contributed by atoms with Crippen LogP contribution in [0.5, 0.6) is 0 Å². The molecule has 0 atom stereocenters. The standard InChI is InChI=1S/C26H21BrF3P.C15H14F3N3O.C15H12F3N3O.C14H9BrF3N.C14H11F3N2.C6H4BrNO/c27-31(23-13-4-1-5-14-23,24-15-6-2-7-16-24,25-17-8-3-9-18-25)20-21-11-10-12-22(19-21)26(28,29)30;2*16-15(17,18)12-3-1-2-10(8-12)4-5-11-6-7-20-13(9-11)21-14(19)22;15-13-9-11(6-7-19-13)5-4-10-2-1-3-12(8-10)14(16,17)18;15-14(16,17)12-3-1-2-10(8-12)4-5-11-6-7-19-13(18)9-11;7-6-3-5(4-9)1-2-8-6/h1-19H,20H2;1-3,6-9H,4-5H2,(H3,19,20,21,22);1-9H,(H3,19,20,21,22);1-9H;1-9H,(H2,18,19);1-4H. The van der Waals surface area contributed by atoms with Crippen molar-refractivity contribution in [2.75, 3.05) is 16.4 Å². The fourth-order valence-electron chi connectivity index (χ4n) is 11.5. The van der Waals surface area contributed by atoms with Crippen molar-refractivity contribution in [3.63, 3.8) is 0 Å². The Morgan fingerprint density at radius 2 is 0.623 bits per heavy atom. The van der Waals surface area contributed by atoms with Crippen LogP contribution in [0.3, 0.4) is 0 Å². The Kier molecular flexibility index (Phi) is 34.0. The molecule has 630 valence electrons. The first-order chi connectivity index (χ1) is 57.7. The minimum absolute atomic E-state index is 0.263. The first-order valence-electron chi connectivity index (χ1n) is 36.0. The van der Waals surface area contributed by atoms with E-state index in [9.17, 15) is 80.2 Å². The maximum absolute atomic E-state index is 13.5. The van der Waals surface area contributed by atoms with Crippen LogP contribution in [-0.4, -0.2) is 43.3 Å². The SMILES string of the molecule is FC(F)(F)c1cccc(C=Cc2ccnc(Br)c2)c1.FC(F)(F)c1cccc(CP(Br)(c2ccccc2)(c2ccccc2)c2ccccc2)c1.NC(=O)Nc1cc(C=Cc2cccc(C(F)(F)F)c2)ccn1.NC(=O)Nc1cc(CCc2cccc(C(F)(F)F)c2)ccn1.Nc1cc(C=Cc2cccc(C(F)(F)F)c2)ccn1.O=Cc1ccnc(Br)c1. The van der Waals surface area contributed by atoms with E-state index in [0.717, 1.165) is 93.5 Å². The summed E-state index contributed by atoms with van der Waals surface area (Å²) in [7, 11) is 0. The Morgan fingerprint density at radius 3 is 0.984 bits per heavy atom. The Bertz CT molecular complexity index is 5520. The zero-order valence-electron chi connectivity index (χ0n) is 63.5. The normalized spacial score (nSPS) is 11.9. The number of hydrogen-bond acceptors (Lipinski definition) is 9. The molecule has 8 N–H and O–H groups in total. The van der Waals surface area contributed by atoms with Crippen LogP contribution < -0.4 is 43.7 Å². The second-order valence-electron chi connectivity index (χ2n) is 26.1. The van der Waals surface area contributed by atoms with Gasteiger partial charge in [0.1, 0.15) is 32.9 Å². The summed E-state index contributed by atoms with van der Waals surface area (Å²) in [5, 5.41) is 4.57. The number of benzene rings is 8. The van der Waals surface area contributed by atoms with Gasteiger partial charge in [-0.1, -0.05) is 91.1 Å². The van der Waals surface area contributed by atoms with Crippen LogP contribution >= 0.6 is 52.7 Å². The molecule has 0 bridgehead atoms. The average Bonchev–Trinajstić information content (AvgIpc) is 0.702. The van der Waals surface area contributed by atoms with Gasteiger partial charge < -0.3 is 17.2 Å². The molecule has 13 rings (SSSR count). The van der Waals surface area contributed by atoms with E-state index in [4.69, 9.17) is 17.2 Å². The average molecular weight is 1900 g/mol. The van der Waals surface area contributed by atoms with Gasteiger partial charge in [-0.05, 0) is 192 Å². The number of aryl methyl sites for hydroxylation is 2. The summed E-state index contributed by atoms with van der Waals surface area (Å²) < 4.78 is 193. The van der Waals surface area contributed by atoms with Crippen molar-refractivity contribution >= 4 is 141 Å². The number of nitrogens with two attached hydrogens (primary N) is 3. The molecule has 0 spiro atoms. The molecule has 0 aliphatic rings. The second kappa shape index (κ2) is 43.7. The van der Waals surface area contributed by atoms with Gasteiger partial charge in [0.25, 0.3) is 0 Å². The number of pyridine rings is 5. The second-order valence-corrected chi connectivity index (χ2v) is 36.6.